The highest BCUT2D eigenvalue weighted by atomic mass is 16.1. The summed E-state index contributed by atoms with van der Waals surface area (Å²) >= 11 is 0. The highest BCUT2D eigenvalue weighted by Gasteiger charge is 2.18. The van der Waals surface area contributed by atoms with E-state index in [1.54, 1.807) is 0 Å². The molecule has 1 heterocycles. The van der Waals surface area contributed by atoms with Gasteiger partial charge in [-0.05, 0) is 13.0 Å². The van der Waals surface area contributed by atoms with Crippen molar-refractivity contribution in [1.82, 2.24) is 4.90 Å². The van der Waals surface area contributed by atoms with Crippen LogP contribution in [0.5, 0.6) is 0 Å². The number of nitrogens with zero attached hydrogens (tertiary/aromatic N) is 1. The van der Waals surface area contributed by atoms with Crippen molar-refractivity contribution in [2.24, 2.45) is 5.73 Å². The van der Waals surface area contributed by atoms with E-state index in [4.69, 9.17) is 5.73 Å². The Kier molecular flexibility index (Phi) is 3.69. The standard InChI is InChI=1S/C9H18N2O/c1-2-9(12)4-6-11-5-3-8(10)7-11/h8H,2-7,10H2,1H3. The number of likely N-dealkylation sites (tertiary alicyclic amines) is 1. The van der Waals surface area contributed by atoms with E-state index in [0.29, 0.717) is 24.7 Å². The molecule has 0 radical (unpaired) electrons. The van der Waals surface area contributed by atoms with Crippen LogP contribution < -0.4 is 5.73 Å². The second-order valence-corrected chi connectivity index (χ2v) is 3.49. The van der Waals surface area contributed by atoms with E-state index in [-0.39, 0.29) is 0 Å². The van der Waals surface area contributed by atoms with Gasteiger partial charge < -0.3 is 10.6 Å². The fraction of sp³-hybridized carbons (Fsp3) is 0.889. The number of Topliss-reactive ketones (excluding diaryl/α,β-unsaturated/α-hetero) is 1. The molecule has 0 amide bonds. The van der Waals surface area contributed by atoms with Gasteiger partial charge in [0, 0.05) is 32.0 Å². The van der Waals surface area contributed by atoms with Crippen molar-refractivity contribution in [2.45, 2.75) is 32.2 Å². The molecule has 70 valence electrons. The molecule has 0 bridgehead atoms. The van der Waals surface area contributed by atoms with Gasteiger partial charge in [0.25, 0.3) is 0 Å². The van der Waals surface area contributed by atoms with Crippen LogP contribution in [0.25, 0.3) is 0 Å². The maximum Gasteiger partial charge on any atom is 0.133 e. The molecule has 0 saturated carbocycles. The largest absolute Gasteiger partial charge is 0.326 e. The number of carbonyl (C=O) groups excluding carboxylic acids is 1. The highest BCUT2D eigenvalue weighted by Crippen LogP contribution is 2.07. The number of carbonyl (C=O) groups is 1. The first-order chi connectivity index (χ1) is 5.72. The summed E-state index contributed by atoms with van der Waals surface area (Å²) in [4.78, 5) is 13.3. The summed E-state index contributed by atoms with van der Waals surface area (Å²) in [5, 5.41) is 0. The molecule has 1 fully saturated rings. The minimum atomic E-state index is 0.335. The average Bonchev–Trinajstić information content (AvgIpc) is 2.47. The fourth-order valence-electron chi connectivity index (χ4n) is 1.53. The Morgan fingerprint density at radius 2 is 2.42 bits per heavy atom. The van der Waals surface area contributed by atoms with E-state index in [2.05, 4.69) is 4.90 Å². The number of rotatable bonds is 4. The normalized spacial score (nSPS) is 24.7. The minimum Gasteiger partial charge on any atom is -0.326 e. The number of hydrogen-bond acceptors (Lipinski definition) is 3. The van der Waals surface area contributed by atoms with Crippen molar-refractivity contribution in [3.63, 3.8) is 0 Å². The molecule has 1 aliphatic rings. The summed E-state index contributed by atoms with van der Waals surface area (Å²) < 4.78 is 0. The molecule has 12 heavy (non-hydrogen) atoms. The van der Waals surface area contributed by atoms with Gasteiger partial charge in [0.05, 0.1) is 0 Å². The van der Waals surface area contributed by atoms with Crippen LogP contribution >= 0.6 is 0 Å². The number of nitrogens with two attached hydrogens (primary N) is 1. The second kappa shape index (κ2) is 4.58. The third kappa shape index (κ3) is 2.91. The highest BCUT2D eigenvalue weighted by molar-refractivity contribution is 5.78. The monoisotopic (exact) mass is 170 g/mol. The maximum atomic E-state index is 11.0. The maximum absolute atomic E-state index is 11.0. The van der Waals surface area contributed by atoms with Gasteiger partial charge in [-0.25, -0.2) is 0 Å². The summed E-state index contributed by atoms with van der Waals surface area (Å²) in [7, 11) is 0. The zero-order valence-corrected chi connectivity index (χ0v) is 7.75. The van der Waals surface area contributed by atoms with Gasteiger partial charge in [0.1, 0.15) is 5.78 Å². The van der Waals surface area contributed by atoms with Crippen LogP contribution in [0.15, 0.2) is 0 Å². The van der Waals surface area contributed by atoms with Crippen LogP contribution in [-0.2, 0) is 4.79 Å². The smallest absolute Gasteiger partial charge is 0.133 e. The summed E-state index contributed by atoms with van der Waals surface area (Å²) in [6.07, 6.45) is 2.45. The molecular weight excluding hydrogens is 152 g/mol. The van der Waals surface area contributed by atoms with Crippen LogP contribution in [-0.4, -0.2) is 36.4 Å². The van der Waals surface area contributed by atoms with Crippen molar-refractivity contribution in [1.29, 1.82) is 0 Å². The Bertz CT molecular complexity index is 159. The molecule has 0 aromatic carbocycles. The van der Waals surface area contributed by atoms with Gasteiger partial charge in [0.2, 0.25) is 0 Å². The Morgan fingerprint density at radius 1 is 1.67 bits per heavy atom. The topological polar surface area (TPSA) is 46.3 Å². The molecule has 2 N–H and O–H groups in total. The first kappa shape index (κ1) is 9.68. The molecule has 0 aromatic rings. The predicted octanol–water partition coefficient (Wildman–Crippen LogP) is 0.389. The molecule has 1 atom stereocenters. The van der Waals surface area contributed by atoms with Crippen molar-refractivity contribution in [2.75, 3.05) is 19.6 Å². The van der Waals surface area contributed by atoms with Gasteiger partial charge in [0.15, 0.2) is 0 Å². The van der Waals surface area contributed by atoms with E-state index in [0.717, 1.165) is 26.1 Å². The van der Waals surface area contributed by atoms with E-state index in [1.165, 1.54) is 0 Å². The SMILES string of the molecule is CCC(=O)CCN1CCC(N)C1. The van der Waals surface area contributed by atoms with Gasteiger partial charge in [-0.15, -0.1) is 0 Å². The third-order valence-electron chi connectivity index (χ3n) is 2.41. The van der Waals surface area contributed by atoms with Crippen LogP contribution in [0.4, 0.5) is 0 Å². The summed E-state index contributed by atoms with van der Waals surface area (Å²) in [6.45, 7) is 4.85. The lowest BCUT2D eigenvalue weighted by Crippen LogP contribution is -2.28. The molecule has 1 aliphatic heterocycles. The molecule has 0 aromatic heterocycles. The Labute approximate surface area is 73.9 Å². The van der Waals surface area contributed by atoms with Gasteiger partial charge in [-0.2, -0.15) is 0 Å². The molecule has 3 nitrogen and oxygen atoms in total. The Hall–Kier alpha value is -0.410. The van der Waals surface area contributed by atoms with E-state index in [1.807, 2.05) is 6.92 Å². The van der Waals surface area contributed by atoms with Crippen LogP contribution in [0.2, 0.25) is 0 Å². The van der Waals surface area contributed by atoms with Gasteiger partial charge in [-0.1, -0.05) is 6.92 Å². The van der Waals surface area contributed by atoms with Gasteiger partial charge in [-0.3, -0.25) is 4.79 Å². The quantitative estimate of drug-likeness (QED) is 0.664. The lowest BCUT2D eigenvalue weighted by Gasteiger charge is -2.13. The summed E-state index contributed by atoms with van der Waals surface area (Å²) in [5.41, 5.74) is 5.74. The van der Waals surface area contributed by atoms with Crippen LogP contribution in [0.1, 0.15) is 26.2 Å². The Balaban J connectivity index is 2.11. The fourth-order valence-corrected chi connectivity index (χ4v) is 1.53. The molecule has 0 aliphatic carbocycles. The molecule has 3 heteroatoms. The molecule has 1 saturated heterocycles. The van der Waals surface area contributed by atoms with Crippen molar-refractivity contribution < 1.29 is 4.79 Å². The summed E-state index contributed by atoms with van der Waals surface area (Å²) in [6, 6.07) is 0.335. The van der Waals surface area contributed by atoms with Gasteiger partial charge >= 0.3 is 0 Å². The first-order valence-electron chi connectivity index (χ1n) is 4.72. The average molecular weight is 170 g/mol. The molecule has 0 spiro atoms. The zero-order chi connectivity index (χ0) is 8.97. The van der Waals surface area contributed by atoms with E-state index in [9.17, 15) is 4.79 Å². The summed E-state index contributed by atoms with van der Waals surface area (Å²) in [5.74, 6) is 0.357. The minimum absolute atomic E-state index is 0.335. The van der Waals surface area contributed by atoms with E-state index >= 15 is 0 Å². The number of ketones is 1. The van der Waals surface area contributed by atoms with Crippen LogP contribution in [0, 0.1) is 0 Å². The first-order valence-corrected chi connectivity index (χ1v) is 4.72. The van der Waals surface area contributed by atoms with Crippen molar-refractivity contribution in [3.05, 3.63) is 0 Å². The number of hydrogen-bond donors (Lipinski definition) is 1. The predicted molar refractivity (Wildman–Crippen MR) is 48.9 cm³/mol. The lowest BCUT2D eigenvalue weighted by atomic mass is 10.2. The molecular formula is C9H18N2O. The lowest BCUT2D eigenvalue weighted by molar-refractivity contribution is -0.119. The van der Waals surface area contributed by atoms with E-state index < -0.39 is 0 Å². The van der Waals surface area contributed by atoms with Crippen molar-refractivity contribution in [3.8, 4) is 0 Å². The molecule has 1 rings (SSSR count). The van der Waals surface area contributed by atoms with Crippen LogP contribution in [0.3, 0.4) is 0 Å². The molecule has 1 unspecified atom stereocenters. The second-order valence-electron chi connectivity index (χ2n) is 3.49. The Morgan fingerprint density at radius 3 is 2.92 bits per heavy atom. The zero-order valence-electron chi connectivity index (χ0n) is 7.75. The third-order valence-corrected chi connectivity index (χ3v) is 2.41. The van der Waals surface area contributed by atoms with Crippen molar-refractivity contribution >= 4 is 5.78 Å².